The fourth-order valence-corrected chi connectivity index (χ4v) is 3.00. The molecular formula is C13H15N3S. The van der Waals surface area contributed by atoms with Gasteiger partial charge in [0.05, 0.1) is 6.20 Å². The van der Waals surface area contributed by atoms with Gasteiger partial charge in [0.2, 0.25) is 0 Å². The lowest BCUT2D eigenvalue weighted by molar-refractivity contribution is 0.779. The summed E-state index contributed by atoms with van der Waals surface area (Å²) < 4.78 is 1.72. The summed E-state index contributed by atoms with van der Waals surface area (Å²) in [6, 6.07) is 8.43. The van der Waals surface area contributed by atoms with Crippen molar-refractivity contribution in [2.24, 2.45) is 7.05 Å². The normalized spacial score (nSPS) is 15.1. The van der Waals surface area contributed by atoms with Crippen LogP contribution in [0, 0.1) is 0 Å². The van der Waals surface area contributed by atoms with Crippen LogP contribution in [0.25, 0.3) is 11.1 Å². The van der Waals surface area contributed by atoms with E-state index in [1.807, 2.05) is 25.0 Å². The van der Waals surface area contributed by atoms with Crippen molar-refractivity contribution in [2.45, 2.75) is 23.0 Å². The lowest BCUT2D eigenvalue weighted by Gasteiger charge is -2.07. The van der Waals surface area contributed by atoms with Crippen molar-refractivity contribution < 1.29 is 0 Å². The molecule has 3 nitrogen and oxygen atoms in total. The second kappa shape index (κ2) is 4.11. The van der Waals surface area contributed by atoms with Crippen LogP contribution in [0.3, 0.4) is 0 Å². The average molecular weight is 245 g/mol. The van der Waals surface area contributed by atoms with Gasteiger partial charge in [-0.25, -0.2) is 0 Å². The number of aromatic nitrogens is 2. The molecule has 0 unspecified atom stereocenters. The minimum atomic E-state index is 0.730. The Morgan fingerprint density at radius 3 is 2.71 bits per heavy atom. The van der Waals surface area contributed by atoms with Crippen LogP contribution in [0.4, 0.5) is 5.82 Å². The second-order valence-corrected chi connectivity index (χ2v) is 5.72. The molecule has 0 spiro atoms. The summed E-state index contributed by atoms with van der Waals surface area (Å²) in [7, 11) is 1.87. The fraction of sp³-hybridized carbons (Fsp3) is 0.308. The summed E-state index contributed by atoms with van der Waals surface area (Å²) >= 11 is 1.96. The molecule has 1 aliphatic rings. The largest absolute Gasteiger partial charge is 0.383 e. The van der Waals surface area contributed by atoms with Gasteiger partial charge < -0.3 is 5.73 Å². The quantitative estimate of drug-likeness (QED) is 0.904. The molecule has 2 aromatic rings. The summed E-state index contributed by atoms with van der Waals surface area (Å²) in [4.78, 5) is 1.31. The third-order valence-corrected chi connectivity index (χ3v) is 4.39. The number of benzene rings is 1. The predicted octanol–water partition coefficient (Wildman–Crippen LogP) is 2.92. The monoisotopic (exact) mass is 245 g/mol. The maximum Gasteiger partial charge on any atom is 0.129 e. The maximum atomic E-state index is 6.04. The third-order valence-electron chi connectivity index (χ3n) is 2.98. The fourth-order valence-electron chi connectivity index (χ4n) is 1.81. The van der Waals surface area contributed by atoms with Gasteiger partial charge in [-0.3, -0.25) is 4.68 Å². The van der Waals surface area contributed by atoms with E-state index in [1.165, 1.54) is 23.3 Å². The Morgan fingerprint density at radius 2 is 2.06 bits per heavy atom. The van der Waals surface area contributed by atoms with Crippen molar-refractivity contribution in [2.75, 3.05) is 5.73 Å². The zero-order valence-corrected chi connectivity index (χ0v) is 10.6. The smallest absolute Gasteiger partial charge is 0.129 e. The number of hydrogen-bond donors (Lipinski definition) is 1. The summed E-state index contributed by atoms with van der Waals surface area (Å²) in [6.07, 6.45) is 4.52. The highest BCUT2D eigenvalue weighted by Crippen LogP contribution is 2.43. The number of nitrogen functional groups attached to an aromatic ring is 1. The standard InChI is InChI=1S/C13H15N3S/c1-16-13(14)11(8-15-16)10-4-2-3-5-12(10)17-9-6-7-9/h2-5,8-9H,6-7,14H2,1H3. The number of nitrogens with two attached hydrogens (primary N) is 1. The molecule has 3 rings (SSSR count). The number of hydrogen-bond acceptors (Lipinski definition) is 3. The minimum absolute atomic E-state index is 0.730. The first-order valence-corrected chi connectivity index (χ1v) is 6.67. The Hall–Kier alpha value is -1.42. The van der Waals surface area contributed by atoms with Crippen LogP contribution in [0.1, 0.15) is 12.8 Å². The molecule has 1 aliphatic carbocycles. The summed E-state index contributed by atoms with van der Waals surface area (Å²) in [5.41, 5.74) is 8.28. The first-order chi connectivity index (χ1) is 8.25. The molecule has 1 fully saturated rings. The highest BCUT2D eigenvalue weighted by molar-refractivity contribution is 8.00. The zero-order valence-electron chi connectivity index (χ0n) is 9.76. The highest BCUT2D eigenvalue weighted by atomic mass is 32.2. The Balaban J connectivity index is 2.03. The molecule has 88 valence electrons. The number of aryl methyl sites for hydroxylation is 1. The van der Waals surface area contributed by atoms with Gasteiger partial charge in [-0.05, 0) is 18.9 Å². The molecular weight excluding hydrogens is 230 g/mol. The molecule has 17 heavy (non-hydrogen) atoms. The highest BCUT2D eigenvalue weighted by Gasteiger charge is 2.24. The van der Waals surface area contributed by atoms with Crippen LogP contribution in [-0.2, 0) is 7.05 Å². The van der Waals surface area contributed by atoms with E-state index < -0.39 is 0 Å². The average Bonchev–Trinajstić information content (AvgIpc) is 3.09. The van der Waals surface area contributed by atoms with Crippen LogP contribution in [0.5, 0.6) is 0 Å². The van der Waals surface area contributed by atoms with E-state index in [0.29, 0.717) is 0 Å². The third kappa shape index (κ3) is 2.05. The first-order valence-electron chi connectivity index (χ1n) is 5.79. The lowest BCUT2D eigenvalue weighted by Crippen LogP contribution is -1.98. The molecule has 1 aromatic carbocycles. The van der Waals surface area contributed by atoms with Crippen molar-refractivity contribution in [3.8, 4) is 11.1 Å². The van der Waals surface area contributed by atoms with Crippen LogP contribution in [0.15, 0.2) is 35.4 Å². The zero-order chi connectivity index (χ0) is 11.8. The van der Waals surface area contributed by atoms with Gasteiger partial charge in [0.1, 0.15) is 5.82 Å². The van der Waals surface area contributed by atoms with Crippen LogP contribution < -0.4 is 5.73 Å². The van der Waals surface area contributed by atoms with Crippen LogP contribution in [0.2, 0.25) is 0 Å². The second-order valence-electron chi connectivity index (χ2n) is 4.38. The van der Waals surface area contributed by atoms with Crippen molar-refractivity contribution in [1.82, 2.24) is 9.78 Å². The van der Waals surface area contributed by atoms with E-state index in [4.69, 9.17) is 5.73 Å². The summed E-state index contributed by atoms with van der Waals surface area (Å²) in [5, 5.41) is 5.01. The van der Waals surface area contributed by atoms with E-state index >= 15 is 0 Å². The van der Waals surface area contributed by atoms with Gasteiger partial charge in [0, 0.05) is 28.3 Å². The molecule has 0 radical (unpaired) electrons. The number of anilines is 1. The topological polar surface area (TPSA) is 43.8 Å². The molecule has 1 heterocycles. The Kier molecular flexibility index (Phi) is 2.59. The Bertz CT molecular complexity index is 543. The number of rotatable bonds is 3. The van der Waals surface area contributed by atoms with Gasteiger partial charge >= 0.3 is 0 Å². The maximum absolute atomic E-state index is 6.04. The summed E-state index contributed by atoms with van der Waals surface area (Å²) in [6.45, 7) is 0. The van der Waals surface area contributed by atoms with Gasteiger partial charge in [0.25, 0.3) is 0 Å². The predicted molar refractivity (Wildman–Crippen MR) is 71.9 cm³/mol. The molecule has 4 heteroatoms. The lowest BCUT2D eigenvalue weighted by atomic mass is 10.1. The SMILES string of the molecule is Cn1ncc(-c2ccccc2SC2CC2)c1N. The summed E-state index contributed by atoms with van der Waals surface area (Å²) in [5.74, 6) is 0.730. The minimum Gasteiger partial charge on any atom is -0.383 e. The van der Waals surface area contributed by atoms with Crippen molar-refractivity contribution in [3.63, 3.8) is 0 Å². The molecule has 2 N–H and O–H groups in total. The number of thioether (sulfide) groups is 1. The molecule has 1 aromatic heterocycles. The Morgan fingerprint density at radius 1 is 1.29 bits per heavy atom. The van der Waals surface area contributed by atoms with Gasteiger partial charge in [0.15, 0.2) is 0 Å². The molecule has 0 bridgehead atoms. The van der Waals surface area contributed by atoms with Gasteiger partial charge in [-0.15, -0.1) is 11.8 Å². The van der Waals surface area contributed by atoms with Gasteiger partial charge in [-0.1, -0.05) is 18.2 Å². The Labute approximate surface area is 105 Å². The van der Waals surface area contributed by atoms with E-state index in [2.05, 4.69) is 29.4 Å². The molecule has 0 atom stereocenters. The van der Waals surface area contributed by atoms with Crippen LogP contribution >= 0.6 is 11.8 Å². The molecule has 0 saturated heterocycles. The first kappa shape index (κ1) is 10.7. The van der Waals surface area contributed by atoms with E-state index in [0.717, 1.165) is 16.6 Å². The molecule has 1 saturated carbocycles. The van der Waals surface area contributed by atoms with Crippen molar-refractivity contribution in [3.05, 3.63) is 30.5 Å². The number of nitrogens with zero attached hydrogens (tertiary/aromatic N) is 2. The van der Waals surface area contributed by atoms with E-state index in [-0.39, 0.29) is 0 Å². The van der Waals surface area contributed by atoms with E-state index in [1.54, 1.807) is 4.68 Å². The molecule has 0 aliphatic heterocycles. The molecule has 0 amide bonds. The van der Waals surface area contributed by atoms with Gasteiger partial charge in [-0.2, -0.15) is 5.10 Å². The van der Waals surface area contributed by atoms with E-state index in [9.17, 15) is 0 Å². The van der Waals surface area contributed by atoms with Crippen molar-refractivity contribution >= 4 is 17.6 Å². The van der Waals surface area contributed by atoms with Crippen molar-refractivity contribution in [1.29, 1.82) is 0 Å². The van der Waals surface area contributed by atoms with Crippen LogP contribution in [-0.4, -0.2) is 15.0 Å².